The van der Waals surface area contributed by atoms with Gasteiger partial charge in [0.2, 0.25) is 0 Å². The van der Waals surface area contributed by atoms with E-state index in [9.17, 15) is 0 Å². The van der Waals surface area contributed by atoms with Crippen molar-refractivity contribution in [2.24, 2.45) is 0 Å². The summed E-state index contributed by atoms with van der Waals surface area (Å²) in [6.07, 6.45) is 0. The first-order chi connectivity index (χ1) is 7.75. The van der Waals surface area contributed by atoms with Crippen LogP contribution in [0.5, 0.6) is 0 Å². The molecule has 0 heterocycles. The Balaban J connectivity index is 2.24. The van der Waals surface area contributed by atoms with Crippen molar-refractivity contribution >= 4 is 0 Å². The molecule has 0 aliphatic heterocycles. The molecule has 90 valence electrons. The third-order valence-corrected chi connectivity index (χ3v) is 2.69. The van der Waals surface area contributed by atoms with Gasteiger partial charge in [0.1, 0.15) is 0 Å². The highest BCUT2D eigenvalue weighted by atomic mass is 16.5. The standard InChI is InChI=1S/C13H21NO2/c1-11-4-3-5-13(12(11)2)10-14-6-8-16-9-7-15/h3-5,14-15H,6-10H2,1-2H3. The van der Waals surface area contributed by atoms with Crippen LogP contribution in [0.4, 0.5) is 0 Å². The average Bonchev–Trinajstić information content (AvgIpc) is 2.29. The maximum absolute atomic E-state index is 8.52. The van der Waals surface area contributed by atoms with Crippen LogP contribution in [0.15, 0.2) is 18.2 Å². The maximum Gasteiger partial charge on any atom is 0.0698 e. The summed E-state index contributed by atoms with van der Waals surface area (Å²) in [5, 5.41) is 11.8. The first-order valence-electron chi connectivity index (χ1n) is 5.70. The topological polar surface area (TPSA) is 41.5 Å². The number of hydrogen-bond acceptors (Lipinski definition) is 3. The number of hydrogen-bond donors (Lipinski definition) is 2. The second-order valence-corrected chi connectivity index (χ2v) is 3.87. The van der Waals surface area contributed by atoms with Gasteiger partial charge in [-0.25, -0.2) is 0 Å². The highest BCUT2D eigenvalue weighted by Crippen LogP contribution is 2.11. The monoisotopic (exact) mass is 223 g/mol. The minimum atomic E-state index is 0.0942. The van der Waals surface area contributed by atoms with Crippen molar-refractivity contribution in [3.05, 3.63) is 34.9 Å². The van der Waals surface area contributed by atoms with Gasteiger partial charge in [-0.1, -0.05) is 18.2 Å². The number of nitrogens with one attached hydrogen (secondary N) is 1. The van der Waals surface area contributed by atoms with Gasteiger partial charge < -0.3 is 15.2 Å². The van der Waals surface area contributed by atoms with Crippen molar-refractivity contribution in [1.82, 2.24) is 5.32 Å². The summed E-state index contributed by atoms with van der Waals surface area (Å²) in [6.45, 7) is 7.12. The number of rotatable bonds is 7. The van der Waals surface area contributed by atoms with E-state index >= 15 is 0 Å². The largest absolute Gasteiger partial charge is 0.394 e. The minimum Gasteiger partial charge on any atom is -0.394 e. The summed E-state index contributed by atoms with van der Waals surface area (Å²) >= 11 is 0. The predicted octanol–water partition coefficient (Wildman–Crippen LogP) is 1.40. The first kappa shape index (κ1) is 13.2. The zero-order chi connectivity index (χ0) is 11.8. The Morgan fingerprint density at radius 2 is 2.06 bits per heavy atom. The van der Waals surface area contributed by atoms with E-state index in [0.29, 0.717) is 13.2 Å². The third-order valence-electron chi connectivity index (χ3n) is 2.69. The Morgan fingerprint density at radius 1 is 1.25 bits per heavy atom. The van der Waals surface area contributed by atoms with Crippen molar-refractivity contribution in [3.8, 4) is 0 Å². The summed E-state index contributed by atoms with van der Waals surface area (Å²) < 4.78 is 5.16. The van der Waals surface area contributed by atoms with E-state index in [1.165, 1.54) is 16.7 Å². The highest BCUT2D eigenvalue weighted by Gasteiger charge is 1.99. The van der Waals surface area contributed by atoms with E-state index in [1.54, 1.807) is 0 Å². The van der Waals surface area contributed by atoms with Crippen LogP contribution in [0.2, 0.25) is 0 Å². The van der Waals surface area contributed by atoms with Crippen LogP contribution in [0.3, 0.4) is 0 Å². The van der Waals surface area contributed by atoms with E-state index in [4.69, 9.17) is 9.84 Å². The summed E-state index contributed by atoms with van der Waals surface area (Å²) in [6, 6.07) is 6.36. The summed E-state index contributed by atoms with van der Waals surface area (Å²) in [7, 11) is 0. The van der Waals surface area contributed by atoms with Crippen molar-refractivity contribution in [3.63, 3.8) is 0 Å². The van der Waals surface area contributed by atoms with Gasteiger partial charge in [0.05, 0.1) is 19.8 Å². The normalized spacial score (nSPS) is 10.7. The van der Waals surface area contributed by atoms with Crippen LogP contribution in [-0.2, 0) is 11.3 Å². The van der Waals surface area contributed by atoms with E-state index in [-0.39, 0.29) is 6.61 Å². The zero-order valence-corrected chi connectivity index (χ0v) is 10.1. The maximum atomic E-state index is 8.52. The van der Waals surface area contributed by atoms with Gasteiger partial charge in [0.25, 0.3) is 0 Å². The lowest BCUT2D eigenvalue weighted by Crippen LogP contribution is -2.20. The van der Waals surface area contributed by atoms with Crippen molar-refractivity contribution < 1.29 is 9.84 Å². The molecular formula is C13H21NO2. The molecule has 0 saturated heterocycles. The minimum absolute atomic E-state index is 0.0942. The fourth-order valence-corrected chi connectivity index (χ4v) is 1.54. The molecule has 0 fully saturated rings. The van der Waals surface area contributed by atoms with Crippen molar-refractivity contribution in [2.75, 3.05) is 26.4 Å². The van der Waals surface area contributed by atoms with Crippen LogP contribution >= 0.6 is 0 Å². The Kier molecular flexibility index (Phi) is 6.08. The third kappa shape index (κ3) is 4.31. The number of aryl methyl sites for hydroxylation is 1. The SMILES string of the molecule is Cc1cccc(CNCCOCCO)c1C. The molecule has 2 N–H and O–H groups in total. The summed E-state index contributed by atoms with van der Waals surface area (Å²) in [5.74, 6) is 0. The fraction of sp³-hybridized carbons (Fsp3) is 0.538. The lowest BCUT2D eigenvalue weighted by molar-refractivity contribution is 0.0938. The molecule has 0 spiro atoms. The van der Waals surface area contributed by atoms with Crippen LogP contribution < -0.4 is 5.32 Å². The molecule has 0 radical (unpaired) electrons. The van der Waals surface area contributed by atoms with Crippen molar-refractivity contribution in [2.45, 2.75) is 20.4 Å². The molecule has 0 aliphatic rings. The molecule has 1 rings (SSSR count). The Bertz CT molecular complexity index is 313. The number of ether oxygens (including phenoxy) is 1. The molecule has 0 saturated carbocycles. The summed E-state index contributed by atoms with van der Waals surface area (Å²) in [5.41, 5.74) is 4.02. The lowest BCUT2D eigenvalue weighted by atomic mass is 10.0. The van der Waals surface area contributed by atoms with Gasteiger partial charge >= 0.3 is 0 Å². The van der Waals surface area contributed by atoms with Gasteiger partial charge in [-0.05, 0) is 30.5 Å². The van der Waals surface area contributed by atoms with E-state index in [2.05, 4.69) is 37.4 Å². The molecule has 3 nitrogen and oxygen atoms in total. The highest BCUT2D eigenvalue weighted by molar-refractivity contribution is 5.32. The predicted molar refractivity (Wildman–Crippen MR) is 65.5 cm³/mol. The molecular weight excluding hydrogens is 202 g/mol. The van der Waals surface area contributed by atoms with Crippen LogP contribution in [0.1, 0.15) is 16.7 Å². The molecule has 0 unspecified atom stereocenters. The van der Waals surface area contributed by atoms with E-state index < -0.39 is 0 Å². The van der Waals surface area contributed by atoms with Gasteiger partial charge in [-0.2, -0.15) is 0 Å². The second-order valence-electron chi connectivity index (χ2n) is 3.87. The molecule has 1 aromatic carbocycles. The quantitative estimate of drug-likeness (QED) is 0.687. The molecule has 0 bridgehead atoms. The average molecular weight is 223 g/mol. The lowest BCUT2D eigenvalue weighted by Gasteiger charge is -2.09. The Morgan fingerprint density at radius 3 is 2.81 bits per heavy atom. The number of aliphatic hydroxyl groups is 1. The van der Waals surface area contributed by atoms with Crippen LogP contribution in [0.25, 0.3) is 0 Å². The van der Waals surface area contributed by atoms with Crippen LogP contribution in [-0.4, -0.2) is 31.5 Å². The number of benzene rings is 1. The van der Waals surface area contributed by atoms with Gasteiger partial charge in [0, 0.05) is 13.1 Å². The molecule has 0 atom stereocenters. The molecule has 16 heavy (non-hydrogen) atoms. The van der Waals surface area contributed by atoms with Crippen LogP contribution in [0, 0.1) is 13.8 Å². The Hall–Kier alpha value is -0.900. The van der Waals surface area contributed by atoms with E-state index in [1.807, 2.05) is 0 Å². The molecule has 0 aromatic heterocycles. The van der Waals surface area contributed by atoms with Gasteiger partial charge in [0.15, 0.2) is 0 Å². The van der Waals surface area contributed by atoms with Gasteiger partial charge in [-0.3, -0.25) is 0 Å². The van der Waals surface area contributed by atoms with Crippen molar-refractivity contribution in [1.29, 1.82) is 0 Å². The molecule has 0 amide bonds. The van der Waals surface area contributed by atoms with E-state index in [0.717, 1.165) is 13.1 Å². The number of aliphatic hydroxyl groups excluding tert-OH is 1. The zero-order valence-electron chi connectivity index (χ0n) is 10.1. The van der Waals surface area contributed by atoms with Gasteiger partial charge in [-0.15, -0.1) is 0 Å². The Labute approximate surface area is 97.4 Å². The fourth-order valence-electron chi connectivity index (χ4n) is 1.54. The smallest absolute Gasteiger partial charge is 0.0698 e. The molecule has 1 aromatic rings. The molecule has 3 heteroatoms. The second kappa shape index (κ2) is 7.39. The molecule has 0 aliphatic carbocycles. The summed E-state index contributed by atoms with van der Waals surface area (Å²) in [4.78, 5) is 0. The first-order valence-corrected chi connectivity index (χ1v) is 5.70.